The first kappa shape index (κ1) is 23.6. The van der Waals surface area contributed by atoms with E-state index in [0.717, 1.165) is 11.1 Å². The van der Waals surface area contributed by atoms with Crippen LogP contribution < -0.4 is 10.9 Å². The third-order valence-electron chi connectivity index (χ3n) is 5.31. The lowest BCUT2D eigenvalue weighted by atomic mass is 10.1. The van der Waals surface area contributed by atoms with Crippen LogP contribution in [0.15, 0.2) is 82.2 Å². The lowest BCUT2D eigenvalue weighted by Gasteiger charge is -2.12. The number of aromatic nitrogens is 2. The second-order valence-electron chi connectivity index (χ2n) is 7.75. The van der Waals surface area contributed by atoms with Gasteiger partial charge in [0.05, 0.1) is 23.7 Å². The molecule has 4 rings (SSSR count). The van der Waals surface area contributed by atoms with Gasteiger partial charge in [0.1, 0.15) is 5.69 Å². The van der Waals surface area contributed by atoms with Gasteiger partial charge in [0.15, 0.2) is 12.4 Å². The van der Waals surface area contributed by atoms with Crippen LogP contribution in [0.5, 0.6) is 0 Å². The molecule has 2 amide bonds. The molecule has 0 aliphatic rings. The number of imide groups is 1. The van der Waals surface area contributed by atoms with E-state index in [-0.39, 0.29) is 29.9 Å². The summed E-state index contributed by atoms with van der Waals surface area (Å²) in [6.07, 6.45) is 1.89. The normalized spacial score (nSPS) is 10.7. The monoisotopic (exact) mass is 473 g/mol. The van der Waals surface area contributed by atoms with Crippen LogP contribution in [-0.4, -0.2) is 33.9 Å². The molecule has 0 bridgehead atoms. The first-order valence-corrected chi connectivity index (χ1v) is 11.1. The maximum atomic E-state index is 13.2. The van der Waals surface area contributed by atoms with Crippen LogP contribution in [0.4, 0.5) is 0 Å². The molecule has 0 radical (unpaired) electrons. The van der Waals surface area contributed by atoms with Crippen molar-refractivity contribution >= 4 is 28.8 Å². The van der Waals surface area contributed by atoms with Gasteiger partial charge in [0, 0.05) is 13.0 Å². The molecule has 0 spiro atoms. The molecule has 0 aliphatic heterocycles. The average molecular weight is 473 g/mol. The predicted octanol–water partition coefficient (Wildman–Crippen LogP) is 2.66. The quantitative estimate of drug-likeness (QED) is 0.371. The predicted molar refractivity (Wildman–Crippen MR) is 127 cm³/mol. The van der Waals surface area contributed by atoms with Gasteiger partial charge in [-0.1, -0.05) is 42.5 Å². The SMILES string of the molecule is O=C(COC(=O)CCc1nc2ccccc2n(CCc2ccccc2)c1=O)NC(=O)c1ccco1. The second-order valence-corrected chi connectivity index (χ2v) is 7.75. The highest BCUT2D eigenvalue weighted by molar-refractivity contribution is 6.03. The topological polar surface area (TPSA) is 121 Å². The summed E-state index contributed by atoms with van der Waals surface area (Å²) in [6.45, 7) is -0.162. The number of carbonyl (C=O) groups is 3. The summed E-state index contributed by atoms with van der Waals surface area (Å²) in [5, 5.41) is 2.06. The van der Waals surface area contributed by atoms with Crippen LogP contribution >= 0.6 is 0 Å². The highest BCUT2D eigenvalue weighted by Crippen LogP contribution is 2.12. The Bertz CT molecular complexity index is 1390. The van der Waals surface area contributed by atoms with Crippen LogP contribution in [0.3, 0.4) is 0 Å². The van der Waals surface area contributed by atoms with Crippen LogP contribution in [0.25, 0.3) is 11.0 Å². The van der Waals surface area contributed by atoms with E-state index in [1.807, 2.05) is 54.6 Å². The molecule has 0 aliphatic carbocycles. The van der Waals surface area contributed by atoms with Crippen LogP contribution in [0.2, 0.25) is 0 Å². The fourth-order valence-corrected chi connectivity index (χ4v) is 3.59. The van der Waals surface area contributed by atoms with Crippen molar-refractivity contribution in [2.75, 3.05) is 6.61 Å². The maximum absolute atomic E-state index is 13.2. The number of hydrogen-bond acceptors (Lipinski definition) is 7. The first-order chi connectivity index (χ1) is 17.0. The van der Waals surface area contributed by atoms with E-state index in [0.29, 0.717) is 18.5 Å². The van der Waals surface area contributed by atoms with Crippen molar-refractivity contribution in [1.82, 2.24) is 14.9 Å². The van der Waals surface area contributed by atoms with E-state index in [2.05, 4.69) is 10.3 Å². The van der Waals surface area contributed by atoms with Gasteiger partial charge in [-0.15, -0.1) is 0 Å². The summed E-state index contributed by atoms with van der Waals surface area (Å²) in [5.74, 6) is -2.23. The molecule has 0 saturated heterocycles. The number of ether oxygens (including phenoxy) is 1. The number of furan rings is 1. The Morgan fingerprint density at radius 3 is 2.49 bits per heavy atom. The minimum atomic E-state index is -0.785. The highest BCUT2D eigenvalue weighted by atomic mass is 16.5. The number of carbonyl (C=O) groups excluding carboxylic acids is 3. The van der Waals surface area contributed by atoms with Crippen molar-refractivity contribution in [3.05, 3.63) is 100 Å². The maximum Gasteiger partial charge on any atom is 0.306 e. The number of esters is 1. The Morgan fingerprint density at radius 1 is 0.943 bits per heavy atom. The minimum absolute atomic E-state index is 0.0319. The molecule has 0 saturated carbocycles. The number of nitrogens with zero attached hydrogens (tertiary/aromatic N) is 2. The number of nitrogens with one attached hydrogen (secondary N) is 1. The highest BCUT2D eigenvalue weighted by Gasteiger charge is 2.16. The summed E-state index contributed by atoms with van der Waals surface area (Å²) >= 11 is 0. The second kappa shape index (κ2) is 11.1. The van der Waals surface area contributed by atoms with Gasteiger partial charge in [0.2, 0.25) is 0 Å². The Labute approximate surface area is 200 Å². The van der Waals surface area contributed by atoms with Gasteiger partial charge >= 0.3 is 5.97 Å². The average Bonchev–Trinajstić information content (AvgIpc) is 3.42. The molecule has 2 aromatic heterocycles. The molecule has 4 aromatic rings. The smallest absolute Gasteiger partial charge is 0.306 e. The van der Waals surface area contributed by atoms with Crippen molar-refractivity contribution in [2.24, 2.45) is 0 Å². The molecule has 2 heterocycles. The van der Waals surface area contributed by atoms with E-state index in [1.165, 1.54) is 18.4 Å². The Hall–Kier alpha value is -4.53. The minimum Gasteiger partial charge on any atom is -0.459 e. The zero-order chi connectivity index (χ0) is 24.6. The van der Waals surface area contributed by atoms with E-state index >= 15 is 0 Å². The van der Waals surface area contributed by atoms with Gasteiger partial charge < -0.3 is 13.7 Å². The molecule has 2 aromatic carbocycles. The number of amides is 2. The van der Waals surface area contributed by atoms with Gasteiger partial charge in [-0.25, -0.2) is 4.98 Å². The zero-order valence-corrected chi connectivity index (χ0v) is 18.8. The largest absolute Gasteiger partial charge is 0.459 e. The summed E-state index contributed by atoms with van der Waals surface area (Å²) in [4.78, 5) is 53.4. The number of hydrogen-bond donors (Lipinski definition) is 1. The van der Waals surface area contributed by atoms with Crippen molar-refractivity contribution in [3.63, 3.8) is 0 Å². The lowest BCUT2D eigenvalue weighted by molar-refractivity contribution is -0.148. The fourth-order valence-electron chi connectivity index (χ4n) is 3.59. The molecular weight excluding hydrogens is 450 g/mol. The van der Waals surface area contributed by atoms with E-state index in [1.54, 1.807) is 4.57 Å². The van der Waals surface area contributed by atoms with Crippen LogP contribution in [0, 0.1) is 0 Å². The van der Waals surface area contributed by atoms with Gasteiger partial charge in [-0.2, -0.15) is 0 Å². The standard InChI is InChI=1S/C26H23N3O6/c30-23(28-25(32)22-11-6-16-34-22)17-35-24(31)13-12-20-26(33)29(15-14-18-7-2-1-3-8-18)21-10-5-4-9-19(21)27-20/h1-11,16H,12-15,17H2,(H,28,30,32). The summed E-state index contributed by atoms with van der Waals surface area (Å²) in [6, 6.07) is 20.1. The molecule has 0 fully saturated rings. The Balaban J connectivity index is 1.38. The summed E-state index contributed by atoms with van der Waals surface area (Å²) in [5.41, 5.74) is 2.45. The van der Waals surface area contributed by atoms with Gasteiger partial charge in [-0.3, -0.25) is 24.5 Å². The Morgan fingerprint density at radius 2 is 1.71 bits per heavy atom. The zero-order valence-electron chi connectivity index (χ0n) is 18.8. The van der Waals surface area contributed by atoms with E-state index < -0.39 is 24.4 Å². The third kappa shape index (κ3) is 6.08. The molecule has 1 N–H and O–H groups in total. The number of fused-ring (bicyclic) bond motifs is 1. The van der Waals surface area contributed by atoms with Gasteiger partial charge in [-0.05, 0) is 36.2 Å². The van der Waals surface area contributed by atoms with Crippen molar-refractivity contribution in [1.29, 1.82) is 0 Å². The number of para-hydroxylation sites is 2. The van der Waals surface area contributed by atoms with Crippen LogP contribution in [-0.2, 0) is 33.7 Å². The molecular formula is C26H23N3O6. The number of aryl methyl sites for hydroxylation is 3. The molecule has 9 heteroatoms. The molecule has 35 heavy (non-hydrogen) atoms. The van der Waals surface area contributed by atoms with Gasteiger partial charge in [0.25, 0.3) is 17.4 Å². The van der Waals surface area contributed by atoms with E-state index in [4.69, 9.17) is 9.15 Å². The summed E-state index contributed by atoms with van der Waals surface area (Å²) < 4.78 is 11.5. The third-order valence-corrected chi connectivity index (χ3v) is 5.31. The first-order valence-electron chi connectivity index (χ1n) is 11.1. The molecule has 0 atom stereocenters. The lowest BCUT2D eigenvalue weighted by Crippen LogP contribution is -2.34. The van der Waals surface area contributed by atoms with Crippen molar-refractivity contribution in [3.8, 4) is 0 Å². The van der Waals surface area contributed by atoms with E-state index in [9.17, 15) is 19.2 Å². The number of rotatable bonds is 9. The van der Waals surface area contributed by atoms with Crippen LogP contribution in [0.1, 0.15) is 28.2 Å². The van der Waals surface area contributed by atoms with Crippen molar-refractivity contribution in [2.45, 2.75) is 25.8 Å². The molecule has 9 nitrogen and oxygen atoms in total. The number of benzene rings is 2. The molecule has 178 valence electrons. The fraction of sp³-hybridized carbons (Fsp3) is 0.192. The Kier molecular flexibility index (Phi) is 7.47. The summed E-state index contributed by atoms with van der Waals surface area (Å²) in [7, 11) is 0. The van der Waals surface area contributed by atoms with Crippen molar-refractivity contribution < 1.29 is 23.5 Å². The molecule has 0 unspecified atom stereocenters.